The molecule has 0 saturated carbocycles. The van der Waals surface area contributed by atoms with Gasteiger partial charge in [0.1, 0.15) is 5.69 Å². The average Bonchev–Trinajstić information content (AvgIpc) is 2.75. The maximum absolute atomic E-state index is 12.8. The number of hydrogen-bond acceptors (Lipinski definition) is 6. The maximum atomic E-state index is 12.8. The van der Waals surface area contributed by atoms with Gasteiger partial charge in [-0.25, -0.2) is 8.42 Å². The van der Waals surface area contributed by atoms with Crippen LogP contribution in [0.15, 0.2) is 65.7 Å². The average molecular weight is 416 g/mol. The number of nitrogens with zero attached hydrogens (tertiary/aromatic N) is 5. The Labute approximate surface area is 168 Å². The van der Waals surface area contributed by atoms with E-state index in [1.165, 1.54) is 16.4 Å². The number of piperazine rings is 1. The summed E-state index contributed by atoms with van der Waals surface area (Å²) >= 11 is 5.85. The van der Waals surface area contributed by atoms with Crippen LogP contribution in [0.2, 0.25) is 5.02 Å². The third kappa shape index (κ3) is 3.84. The van der Waals surface area contributed by atoms with Gasteiger partial charge in [-0.3, -0.25) is 4.98 Å². The monoisotopic (exact) mass is 415 g/mol. The molecule has 3 aromatic rings. The number of aromatic nitrogens is 3. The zero-order valence-corrected chi connectivity index (χ0v) is 16.5. The van der Waals surface area contributed by atoms with Crippen LogP contribution in [-0.2, 0) is 10.0 Å². The lowest BCUT2D eigenvalue weighted by atomic mass is 10.2. The molecule has 1 saturated heterocycles. The summed E-state index contributed by atoms with van der Waals surface area (Å²) in [5.41, 5.74) is 1.47. The fraction of sp³-hybridized carbons (Fsp3) is 0.211. The number of pyridine rings is 1. The Bertz CT molecular complexity index is 1040. The molecule has 1 aliphatic heterocycles. The molecule has 28 heavy (non-hydrogen) atoms. The van der Waals surface area contributed by atoms with Crippen LogP contribution in [-0.4, -0.2) is 54.1 Å². The number of halogens is 1. The minimum atomic E-state index is -3.52. The normalized spacial score (nSPS) is 15.5. The van der Waals surface area contributed by atoms with Gasteiger partial charge in [0.05, 0.1) is 10.6 Å². The van der Waals surface area contributed by atoms with Gasteiger partial charge < -0.3 is 4.90 Å². The van der Waals surface area contributed by atoms with Gasteiger partial charge in [-0.05, 0) is 48.5 Å². The van der Waals surface area contributed by atoms with E-state index in [0.29, 0.717) is 36.9 Å². The van der Waals surface area contributed by atoms with Gasteiger partial charge in [0.15, 0.2) is 5.82 Å². The van der Waals surface area contributed by atoms with Gasteiger partial charge in [-0.1, -0.05) is 17.7 Å². The number of benzene rings is 1. The molecule has 0 radical (unpaired) electrons. The fourth-order valence-electron chi connectivity index (χ4n) is 3.06. The molecule has 9 heteroatoms. The summed E-state index contributed by atoms with van der Waals surface area (Å²) in [6.07, 6.45) is 1.71. The van der Waals surface area contributed by atoms with Crippen LogP contribution in [0, 0.1) is 0 Å². The lowest BCUT2D eigenvalue weighted by molar-refractivity contribution is 0.383. The summed E-state index contributed by atoms with van der Waals surface area (Å²) in [6.45, 7) is 1.86. The summed E-state index contributed by atoms with van der Waals surface area (Å²) in [5.74, 6) is 0.725. The Morgan fingerprint density at radius 1 is 0.821 bits per heavy atom. The van der Waals surface area contributed by atoms with Gasteiger partial charge in [-0.2, -0.15) is 4.31 Å². The van der Waals surface area contributed by atoms with Crippen LogP contribution in [0.5, 0.6) is 0 Å². The van der Waals surface area contributed by atoms with Crippen molar-refractivity contribution in [2.45, 2.75) is 4.90 Å². The molecule has 0 bridgehead atoms. The molecule has 2 aromatic heterocycles. The van der Waals surface area contributed by atoms with Crippen molar-refractivity contribution < 1.29 is 8.42 Å². The highest BCUT2D eigenvalue weighted by Gasteiger charge is 2.29. The molecule has 1 aromatic carbocycles. The molecular weight excluding hydrogens is 398 g/mol. The predicted molar refractivity (Wildman–Crippen MR) is 108 cm³/mol. The second-order valence-electron chi connectivity index (χ2n) is 6.34. The molecule has 0 atom stereocenters. The van der Waals surface area contributed by atoms with E-state index in [-0.39, 0.29) is 4.90 Å². The standard InChI is InChI=1S/C19H18ClN5O2S/c20-15-4-6-16(7-5-15)28(26,27)25-13-11-24(12-14-25)19-9-8-18(22-23-19)17-3-1-2-10-21-17/h1-10H,11-14H2. The molecule has 7 nitrogen and oxygen atoms in total. The van der Waals surface area contributed by atoms with E-state index < -0.39 is 10.0 Å². The minimum Gasteiger partial charge on any atom is -0.352 e. The van der Waals surface area contributed by atoms with E-state index in [1.807, 2.05) is 35.2 Å². The van der Waals surface area contributed by atoms with E-state index in [0.717, 1.165) is 11.5 Å². The maximum Gasteiger partial charge on any atom is 0.243 e. The molecule has 3 heterocycles. The summed E-state index contributed by atoms with van der Waals surface area (Å²) in [6, 6.07) is 15.6. The van der Waals surface area contributed by atoms with Crippen molar-refractivity contribution >= 4 is 27.4 Å². The Hall–Kier alpha value is -2.55. The highest BCUT2D eigenvalue weighted by atomic mass is 35.5. The summed E-state index contributed by atoms with van der Waals surface area (Å²) in [7, 11) is -3.52. The Kier molecular flexibility index (Phi) is 5.25. The topological polar surface area (TPSA) is 79.3 Å². The lowest BCUT2D eigenvalue weighted by Crippen LogP contribution is -2.48. The largest absolute Gasteiger partial charge is 0.352 e. The number of hydrogen-bond donors (Lipinski definition) is 0. The quantitative estimate of drug-likeness (QED) is 0.651. The first kappa shape index (κ1) is 18.8. The minimum absolute atomic E-state index is 0.254. The molecular formula is C19H18ClN5O2S. The van der Waals surface area contributed by atoms with Crippen LogP contribution in [0.1, 0.15) is 0 Å². The second kappa shape index (κ2) is 7.83. The van der Waals surface area contributed by atoms with Crippen molar-refractivity contribution in [2.24, 2.45) is 0 Å². The first-order valence-corrected chi connectivity index (χ1v) is 10.6. The van der Waals surface area contributed by atoms with E-state index >= 15 is 0 Å². The van der Waals surface area contributed by atoms with Gasteiger partial charge in [0.2, 0.25) is 10.0 Å². The summed E-state index contributed by atoms with van der Waals surface area (Å²) < 4.78 is 27.0. The zero-order chi connectivity index (χ0) is 19.6. The van der Waals surface area contributed by atoms with Crippen molar-refractivity contribution in [1.29, 1.82) is 0 Å². The Morgan fingerprint density at radius 3 is 2.18 bits per heavy atom. The van der Waals surface area contributed by atoms with Crippen LogP contribution in [0.25, 0.3) is 11.4 Å². The van der Waals surface area contributed by atoms with E-state index in [2.05, 4.69) is 15.2 Å². The molecule has 0 aliphatic carbocycles. The van der Waals surface area contributed by atoms with Gasteiger partial charge in [-0.15, -0.1) is 10.2 Å². The molecule has 0 amide bonds. The number of rotatable bonds is 4. The second-order valence-corrected chi connectivity index (χ2v) is 8.71. The first-order chi connectivity index (χ1) is 13.5. The molecule has 0 unspecified atom stereocenters. The Morgan fingerprint density at radius 2 is 1.57 bits per heavy atom. The van der Waals surface area contributed by atoms with Gasteiger partial charge in [0, 0.05) is 37.4 Å². The SMILES string of the molecule is O=S(=O)(c1ccc(Cl)cc1)N1CCN(c2ccc(-c3ccccn3)nn2)CC1. The zero-order valence-electron chi connectivity index (χ0n) is 14.9. The predicted octanol–water partition coefficient (Wildman–Crippen LogP) is 2.70. The molecule has 144 valence electrons. The molecule has 0 N–H and O–H groups in total. The van der Waals surface area contributed by atoms with Crippen molar-refractivity contribution in [2.75, 3.05) is 31.1 Å². The number of sulfonamides is 1. The molecule has 1 aliphatic rings. The highest BCUT2D eigenvalue weighted by molar-refractivity contribution is 7.89. The van der Waals surface area contributed by atoms with Crippen molar-refractivity contribution in [1.82, 2.24) is 19.5 Å². The van der Waals surface area contributed by atoms with Crippen molar-refractivity contribution in [3.8, 4) is 11.4 Å². The third-order valence-electron chi connectivity index (χ3n) is 4.59. The van der Waals surface area contributed by atoms with Crippen LogP contribution in [0.3, 0.4) is 0 Å². The van der Waals surface area contributed by atoms with Crippen molar-refractivity contribution in [3.05, 3.63) is 65.8 Å². The van der Waals surface area contributed by atoms with E-state index in [9.17, 15) is 8.42 Å². The van der Waals surface area contributed by atoms with E-state index in [1.54, 1.807) is 18.3 Å². The van der Waals surface area contributed by atoms with Crippen LogP contribution >= 0.6 is 11.6 Å². The smallest absolute Gasteiger partial charge is 0.243 e. The lowest BCUT2D eigenvalue weighted by Gasteiger charge is -2.34. The van der Waals surface area contributed by atoms with Gasteiger partial charge >= 0.3 is 0 Å². The molecule has 1 fully saturated rings. The molecule has 4 rings (SSSR count). The summed E-state index contributed by atoms with van der Waals surface area (Å²) in [4.78, 5) is 6.55. The van der Waals surface area contributed by atoms with Crippen molar-refractivity contribution in [3.63, 3.8) is 0 Å². The van der Waals surface area contributed by atoms with Gasteiger partial charge in [0.25, 0.3) is 0 Å². The number of anilines is 1. The fourth-order valence-corrected chi connectivity index (χ4v) is 4.61. The third-order valence-corrected chi connectivity index (χ3v) is 6.76. The summed E-state index contributed by atoms with van der Waals surface area (Å²) in [5, 5.41) is 9.05. The van der Waals surface area contributed by atoms with Crippen LogP contribution in [0.4, 0.5) is 5.82 Å². The highest BCUT2D eigenvalue weighted by Crippen LogP contribution is 2.22. The first-order valence-electron chi connectivity index (χ1n) is 8.80. The van der Waals surface area contributed by atoms with E-state index in [4.69, 9.17) is 11.6 Å². The molecule has 0 spiro atoms. The Balaban J connectivity index is 1.43. The van der Waals surface area contributed by atoms with Crippen LogP contribution < -0.4 is 4.90 Å².